The molecule has 1 heterocycles. The van der Waals surface area contributed by atoms with Gasteiger partial charge in [-0.1, -0.05) is 29.3 Å². The third-order valence-corrected chi connectivity index (χ3v) is 3.49. The average molecular weight is 330 g/mol. The lowest BCUT2D eigenvalue weighted by atomic mass is 10.1. The second-order valence-electron chi connectivity index (χ2n) is 4.31. The summed E-state index contributed by atoms with van der Waals surface area (Å²) in [6.07, 6.45) is 0.430. The number of benzene rings is 1. The van der Waals surface area contributed by atoms with Crippen molar-refractivity contribution in [3.05, 3.63) is 51.7 Å². The maximum atomic E-state index is 10.9. The number of halogens is 2. The first kappa shape index (κ1) is 15.8. The minimum atomic E-state index is -0.759. The lowest BCUT2D eigenvalue weighted by Gasteiger charge is -2.12. The van der Waals surface area contributed by atoms with E-state index in [1.54, 1.807) is 18.2 Å². The van der Waals surface area contributed by atoms with E-state index in [1.165, 1.54) is 6.26 Å². The van der Waals surface area contributed by atoms with Gasteiger partial charge in [-0.3, -0.25) is 4.79 Å². The van der Waals surface area contributed by atoms with Gasteiger partial charge in [-0.05, 0) is 17.7 Å². The van der Waals surface area contributed by atoms with Crippen molar-refractivity contribution in [2.45, 2.75) is 12.6 Å². The quantitative estimate of drug-likeness (QED) is 0.751. The Kier molecular flexibility index (Phi) is 5.19. The first-order chi connectivity index (χ1) is 9.97. The normalized spacial score (nSPS) is 12.3. The van der Waals surface area contributed by atoms with Gasteiger partial charge in [0.05, 0.1) is 22.7 Å². The van der Waals surface area contributed by atoms with Crippen molar-refractivity contribution in [1.29, 1.82) is 0 Å². The Balaban J connectivity index is 1.87. The molecule has 0 fully saturated rings. The van der Waals surface area contributed by atoms with Crippen molar-refractivity contribution >= 4 is 29.1 Å². The molecule has 0 unspecified atom stereocenters. The summed E-state index contributed by atoms with van der Waals surface area (Å²) in [6.45, 7) is 0.512. The number of nitrogens with zero attached hydrogens (tertiary/aromatic N) is 1. The predicted molar refractivity (Wildman–Crippen MR) is 78.1 cm³/mol. The molecule has 0 aliphatic carbocycles. The van der Waals surface area contributed by atoms with Crippen LogP contribution in [0.5, 0.6) is 0 Å². The highest BCUT2D eigenvalue weighted by molar-refractivity contribution is 6.42. The maximum absolute atomic E-state index is 10.9. The molecule has 1 amide bonds. The van der Waals surface area contributed by atoms with E-state index in [1.807, 2.05) is 0 Å². The third-order valence-electron chi connectivity index (χ3n) is 2.75. The molecule has 112 valence electrons. The molecule has 21 heavy (non-hydrogen) atoms. The number of hydrogen-bond donors (Lipinski definition) is 3. The summed E-state index contributed by atoms with van der Waals surface area (Å²) in [6, 6.07) is 4.92. The molecule has 0 spiro atoms. The number of aliphatic hydroxyl groups is 1. The molecule has 1 aromatic carbocycles. The Morgan fingerprint density at radius 3 is 2.81 bits per heavy atom. The van der Waals surface area contributed by atoms with Crippen LogP contribution in [0.15, 0.2) is 28.9 Å². The van der Waals surface area contributed by atoms with E-state index in [4.69, 9.17) is 33.4 Å². The fraction of sp³-hybridized carbons (Fsp3) is 0.231. The molecule has 0 aliphatic rings. The Morgan fingerprint density at radius 2 is 2.19 bits per heavy atom. The number of primary amides is 1. The highest BCUT2D eigenvalue weighted by Gasteiger charge is 2.11. The average Bonchev–Trinajstić information content (AvgIpc) is 2.91. The van der Waals surface area contributed by atoms with Gasteiger partial charge < -0.3 is 20.6 Å². The van der Waals surface area contributed by atoms with Crippen LogP contribution in [0.2, 0.25) is 10.0 Å². The minimum Gasteiger partial charge on any atom is -0.447 e. The number of hydrogen-bond acceptors (Lipinski definition) is 5. The number of carbonyl (C=O) groups excluding carboxylic acids is 1. The van der Waals surface area contributed by atoms with E-state index in [0.717, 1.165) is 0 Å². The smallest absolute Gasteiger partial charge is 0.270 e. The van der Waals surface area contributed by atoms with Crippen LogP contribution in [-0.4, -0.2) is 22.5 Å². The first-order valence-corrected chi connectivity index (χ1v) is 6.81. The molecule has 4 N–H and O–H groups in total. The van der Waals surface area contributed by atoms with Crippen LogP contribution in [0.4, 0.5) is 0 Å². The number of nitrogens with one attached hydrogen (secondary N) is 1. The molecular formula is C13H13Cl2N3O3. The van der Waals surface area contributed by atoms with Crippen LogP contribution in [0.25, 0.3) is 0 Å². The highest BCUT2D eigenvalue weighted by Crippen LogP contribution is 2.25. The van der Waals surface area contributed by atoms with Gasteiger partial charge in [-0.25, -0.2) is 4.98 Å². The van der Waals surface area contributed by atoms with Gasteiger partial charge in [0.1, 0.15) is 6.26 Å². The topological polar surface area (TPSA) is 101 Å². The summed E-state index contributed by atoms with van der Waals surface area (Å²) in [4.78, 5) is 14.7. The standard InChI is InChI=1S/C13H13Cl2N3O3/c14-8-2-1-7(3-9(8)15)11(19)4-17-5-12-18-10(6-21-12)13(16)20/h1-3,6,11,17,19H,4-5H2,(H2,16,20)/t11-/m0/s1. The van der Waals surface area contributed by atoms with Crippen molar-refractivity contribution < 1.29 is 14.3 Å². The first-order valence-electron chi connectivity index (χ1n) is 6.05. The number of aromatic nitrogens is 1. The van der Waals surface area contributed by atoms with E-state index < -0.39 is 12.0 Å². The molecule has 2 aromatic rings. The summed E-state index contributed by atoms with van der Waals surface area (Å²) in [5.41, 5.74) is 5.77. The van der Waals surface area contributed by atoms with Gasteiger partial charge in [0.2, 0.25) is 5.89 Å². The highest BCUT2D eigenvalue weighted by atomic mass is 35.5. The summed E-state index contributed by atoms with van der Waals surface area (Å²) in [5.74, 6) is -0.342. The Morgan fingerprint density at radius 1 is 1.43 bits per heavy atom. The van der Waals surface area contributed by atoms with Crippen molar-refractivity contribution in [1.82, 2.24) is 10.3 Å². The van der Waals surface area contributed by atoms with Gasteiger partial charge in [0.15, 0.2) is 5.69 Å². The van der Waals surface area contributed by atoms with E-state index in [2.05, 4.69) is 10.3 Å². The molecule has 6 nitrogen and oxygen atoms in total. The molecule has 0 bridgehead atoms. The van der Waals surface area contributed by atoms with Crippen LogP contribution in [-0.2, 0) is 6.54 Å². The molecule has 0 saturated heterocycles. The summed E-state index contributed by atoms with van der Waals surface area (Å²) in [5, 5.41) is 13.8. The minimum absolute atomic E-state index is 0.0665. The molecule has 0 radical (unpaired) electrons. The zero-order valence-electron chi connectivity index (χ0n) is 10.8. The maximum Gasteiger partial charge on any atom is 0.270 e. The molecule has 0 saturated carbocycles. The van der Waals surface area contributed by atoms with Crippen LogP contribution in [0.1, 0.15) is 28.0 Å². The number of nitrogens with two attached hydrogens (primary N) is 1. The predicted octanol–water partition coefficient (Wildman–Crippen LogP) is 1.90. The van der Waals surface area contributed by atoms with Gasteiger partial charge in [-0.15, -0.1) is 0 Å². The van der Waals surface area contributed by atoms with Gasteiger partial charge in [0.25, 0.3) is 5.91 Å². The number of rotatable bonds is 6. The third kappa shape index (κ3) is 4.18. The Labute approximate surface area is 130 Å². The monoisotopic (exact) mass is 329 g/mol. The molecular weight excluding hydrogens is 317 g/mol. The zero-order chi connectivity index (χ0) is 15.4. The molecule has 1 atom stereocenters. The van der Waals surface area contributed by atoms with Crippen LogP contribution < -0.4 is 11.1 Å². The van der Waals surface area contributed by atoms with Crippen LogP contribution in [0.3, 0.4) is 0 Å². The summed E-state index contributed by atoms with van der Waals surface area (Å²) < 4.78 is 5.05. The SMILES string of the molecule is NC(=O)c1coc(CNC[C@H](O)c2ccc(Cl)c(Cl)c2)n1. The van der Waals surface area contributed by atoms with E-state index in [9.17, 15) is 9.90 Å². The van der Waals surface area contributed by atoms with E-state index >= 15 is 0 Å². The van der Waals surface area contributed by atoms with Crippen LogP contribution in [0, 0.1) is 0 Å². The molecule has 1 aromatic heterocycles. The fourth-order valence-electron chi connectivity index (χ4n) is 1.66. The van der Waals surface area contributed by atoms with E-state index in [-0.39, 0.29) is 18.8 Å². The Bertz CT molecular complexity index is 645. The van der Waals surface area contributed by atoms with Gasteiger partial charge in [-0.2, -0.15) is 0 Å². The lowest BCUT2D eigenvalue weighted by molar-refractivity contribution is 0.0995. The molecule has 2 rings (SSSR count). The van der Waals surface area contributed by atoms with Crippen molar-refractivity contribution in [2.75, 3.05) is 6.54 Å². The molecule has 0 aliphatic heterocycles. The lowest BCUT2D eigenvalue weighted by Crippen LogP contribution is -2.21. The van der Waals surface area contributed by atoms with Gasteiger partial charge in [0, 0.05) is 6.54 Å². The number of oxazole rings is 1. The fourth-order valence-corrected chi connectivity index (χ4v) is 1.97. The second-order valence-corrected chi connectivity index (χ2v) is 5.13. The second kappa shape index (κ2) is 6.91. The number of amides is 1. The van der Waals surface area contributed by atoms with Crippen molar-refractivity contribution in [2.24, 2.45) is 5.73 Å². The summed E-state index contributed by atoms with van der Waals surface area (Å²) in [7, 11) is 0. The van der Waals surface area contributed by atoms with Crippen molar-refractivity contribution in [3.63, 3.8) is 0 Å². The number of aliphatic hydroxyl groups excluding tert-OH is 1. The van der Waals surface area contributed by atoms with Crippen LogP contribution >= 0.6 is 23.2 Å². The van der Waals surface area contributed by atoms with Gasteiger partial charge >= 0.3 is 0 Å². The molecule has 8 heteroatoms. The van der Waals surface area contributed by atoms with Crippen molar-refractivity contribution in [3.8, 4) is 0 Å². The Hall–Kier alpha value is -1.60. The largest absolute Gasteiger partial charge is 0.447 e. The van der Waals surface area contributed by atoms with E-state index in [0.29, 0.717) is 21.5 Å². The summed E-state index contributed by atoms with van der Waals surface area (Å²) >= 11 is 11.7. The number of carbonyl (C=O) groups is 1. The zero-order valence-corrected chi connectivity index (χ0v) is 12.4.